The highest BCUT2D eigenvalue weighted by Gasteiger charge is 2.23. The molecule has 1 atom stereocenters. The lowest BCUT2D eigenvalue weighted by atomic mass is 10.1. The van der Waals surface area contributed by atoms with Crippen LogP contribution >= 0.6 is 0 Å². The fourth-order valence-corrected chi connectivity index (χ4v) is 3.73. The van der Waals surface area contributed by atoms with Gasteiger partial charge in [-0.2, -0.15) is 5.10 Å². The predicted octanol–water partition coefficient (Wildman–Crippen LogP) is 1.57. The highest BCUT2D eigenvalue weighted by atomic mass is 16.5. The topological polar surface area (TPSA) is 60.6 Å². The fraction of sp³-hybridized carbons (Fsp3) is 0.304. The first-order valence-corrected chi connectivity index (χ1v) is 10.1. The summed E-state index contributed by atoms with van der Waals surface area (Å²) in [4.78, 5) is 14.4. The van der Waals surface area contributed by atoms with Gasteiger partial charge in [0.25, 0.3) is 5.91 Å². The molecule has 1 aromatic heterocycles. The first kappa shape index (κ1) is 19.4. The van der Waals surface area contributed by atoms with Crippen LogP contribution < -0.4 is 10.2 Å². The van der Waals surface area contributed by atoms with Crippen molar-refractivity contribution in [2.24, 2.45) is 0 Å². The van der Waals surface area contributed by atoms with Crippen LogP contribution in [0.3, 0.4) is 0 Å². The summed E-state index contributed by atoms with van der Waals surface area (Å²) in [6.45, 7) is 6.35. The number of rotatable bonds is 6. The van der Waals surface area contributed by atoms with E-state index >= 15 is 0 Å². The fourth-order valence-electron chi connectivity index (χ4n) is 3.73. The Balaban J connectivity index is 1.49. The molecule has 6 heteroatoms. The molecule has 1 amide bonds. The van der Waals surface area contributed by atoms with E-state index in [4.69, 9.17) is 4.74 Å². The lowest BCUT2D eigenvalue weighted by Gasteiger charge is -2.28. The highest BCUT2D eigenvalue weighted by Crippen LogP contribution is 2.14. The Hall–Kier alpha value is -2.96. The molecule has 2 N–H and O–H groups in total. The number of benzene rings is 2. The van der Waals surface area contributed by atoms with Gasteiger partial charge in [-0.15, -0.1) is 0 Å². The molecule has 4 rings (SSSR count). The molecule has 1 fully saturated rings. The summed E-state index contributed by atoms with van der Waals surface area (Å²) in [6.07, 6.45) is 1.77. The molecule has 2 aromatic carbocycles. The Morgan fingerprint density at radius 1 is 1.10 bits per heavy atom. The minimum Gasteiger partial charge on any atom is -0.370 e. The van der Waals surface area contributed by atoms with Gasteiger partial charge in [0.05, 0.1) is 18.9 Å². The first-order valence-electron chi connectivity index (χ1n) is 10.1. The third-order valence-corrected chi connectivity index (χ3v) is 5.41. The zero-order valence-corrected chi connectivity index (χ0v) is 16.7. The molecular weight excluding hydrogens is 364 g/mol. The van der Waals surface area contributed by atoms with Crippen molar-refractivity contribution in [3.8, 4) is 5.69 Å². The molecule has 0 bridgehead atoms. The van der Waals surface area contributed by atoms with E-state index in [-0.39, 0.29) is 11.9 Å². The smallest absolute Gasteiger partial charge is 0.251 e. The summed E-state index contributed by atoms with van der Waals surface area (Å²) in [6, 6.07) is 19.7. The van der Waals surface area contributed by atoms with E-state index in [0.29, 0.717) is 5.56 Å². The Morgan fingerprint density at radius 2 is 1.83 bits per heavy atom. The van der Waals surface area contributed by atoms with Crippen molar-refractivity contribution in [2.75, 3.05) is 32.8 Å². The second-order valence-corrected chi connectivity index (χ2v) is 7.43. The molecule has 150 valence electrons. The summed E-state index contributed by atoms with van der Waals surface area (Å²) < 4.78 is 7.33. The van der Waals surface area contributed by atoms with E-state index in [1.165, 1.54) is 4.90 Å². The van der Waals surface area contributed by atoms with Crippen LogP contribution in [0.15, 0.2) is 66.9 Å². The molecule has 0 unspecified atom stereocenters. The van der Waals surface area contributed by atoms with Crippen molar-refractivity contribution >= 4 is 5.91 Å². The van der Waals surface area contributed by atoms with E-state index in [1.54, 1.807) is 6.20 Å². The van der Waals surface area contributed by atoms with Gasteiger partial charge in [-0.3, -0.25) is 4.79 Å². The molecule has 1 aliphatic rings. The zero-order valence-electron chi connectivity index (χ0n) is 16.7. The lowest BCUT2D eigenvalue weighted by Crippen LogP contribution is -3.14. The average Bonchev–Trinajstić information content (AvgIpc) is 3.20. The Bertz CT molecular complexity index is 931. The number of carbonyl (C=O) groups excluding carboxylic acids is 1. The van der Waals surface area contributed by atoms with Gasteiger partial charge < -0.3 is 15.0 Å². The summed E-state index contributed by atoms with van der Waals surface area (Å²) in [7, 11) is 0. The number of nitrogens with one attached hydrogen (secondary N) is 2. The van der Waals surface area contributed by atoms with Crippen LogP contribution in [0.25, 0.3) is 5.69 Å². The van der Waals surface area contributed by atoms with Crippen molar-refractivity contribution in [1.29, 1.82) is 0 Å². The number of carbonyl (C=O) groups is 1. The molecule has 2 heterocycles. The lowest BCUT2D eigenvalue weighted by molar-refractivity contribution is -0.909. The van der Waals surface area contributed by atoms with Gasteiger partial charge in [-0.1, -0.05) is 30.3 Å². The normalized spacial score (nSPS) is 15.8. The molecule has 0 aliphatic carbocycles. The largest absolute Gasteiger partial charge is 0.370 e. The SMILES string of the molecule is Cc1ccnn1-c1ccc(C(=O)N[C@H](C[NH+]2CCOCC2)c2ccccc2)cc1. The molecule has 0 spiro atoms. The molecule has 6 nitrogen and oxygen atoms in total. The van der Waals surface area contributed by atoms with E-state index < -0.39 is 0 Å². The second-order valence-electron chi connectivity index (χ2n) is 7.43. The maximum Gasteiger partial charge on any atom is 0.251 e. The van der Waals surface area contributed by atoms with Crippen LogP contribution in [0.1, 0.15) is 27.7 Å². The minimum absolute atomic E-state index is 0.0372. The van der Waals surface area contributed by atoms with Crippen LogP contribution in [0.4, 0.5) is 0 Å². The van der Waals surface area contributed by atoms with Crippen molar-refractivity contribution in [3.63, 3.8) is 0 Å². The number of morpholine rings is 1. The van der Waals surface area contributed by atoms with Gasteiger partial charge in [-0.05, 0) is 42.8 Å². The monoisotopic (exact) mass is 391 g/mol. The first-order chi connectivity index (χ1) is 14.2. The third-order valence-electron chi connectivity index (χ3n) is 5.41. The van der Waals surface area contributed by atoms with Crippen LogP contribution in [0, 0.1) is 6.92 Å². The van der Waals surface area contributed by atoms with Gasteiger partial charge in [0.15, 0.2) is 0 Å². The second kappa shape index (κ2) is 9.03. The third kappa shape index (κ3) is 4.72. The molecule has 3 aromatic rings. The maximum absolute atomic E-state index is 13.0. The van der Waals surface area contributed by atoms with Gasteiger partial charge >= 0.3 is 0 Å². The molecule has 1 aliphatic heterocycles. The quantitative estimate of drug-likeness (QED) is 0.671. The van der Waals surface area contributed by atoms with Crippen LogP contribution in [-0.4, -0.2) is 48.5 Å². The standard InChI is InChI=1S/C23H26N4O2/c1-18-11-12-24-27(18)21-9-7-20(8-10-21)23(28)25-22(19-5-3-2-4-6-19)17-26-13-15-29-16-14-26/h2-12,22H,13-17H2,1H3,(H,25,28)/p+1/t22-/m1/s1. The number of aromatic nitrogens is 2. The Labute approximate surface area is 171 Å². The zero-order chi connectivity index (χ0) is 20.1. The van der Waals surface area contributed by atoms with Crippen LogP contribution in [0.5, 0.6) is 0 Å². The van der Waals surface area contributed by atoms with Crippen LogP contribution in [0.2, 0.25) is 0 Å². The summed E-state index contributed by atoms with van der Waals surface area (Å²) in [5.41, 5.74) is 3.78. The van der Waals surface area contributed by atoms with E-state index in [2.05, 4.69) is 22.5 Å². The Morgan fingerprint density at radius 3 is 2.48 bits per heavy atom. The number of hydrogen-bond donors (Lipinski definition) is 2. The maximum atomic E-state index is 13.0. The summed E-state index contributed by atoms with van der Waals surface area (Å²) >= 11 is 0. The summed E-state index contributed by atoms with van der Waals surface area (Å²) in [5, 5.41) is 7.56. The van der Waals surface area contributed by atoms with Gasteiger partial charge in [0.1, 0.15) is 25.7 Å². The van der Waals surface area contributed by atoms with Gasteiger partial charge in [0, 0.05) is 17.5 Å². The highest BCUT2D eigenvalue weighted by molar-refractivity contribution is 5.94. The van der Waals surface area contributed by atoms with Crippen LogP contribution in [-0.2, 0) is 4.74 Å². The predicted molar refractivity (Wildman–Crippen MR) is 111 cm³/mol. The van der Waals surface area contributed by atoms with Gasteiger partial charge in [-0.25, -0.2) is 4.68 Å². The minimum atomic E-state index is -0.0600. The van der Waals surface area contributed by atoms with Crippen molar-refractivity contribution in [2.45, 2.75) is 13.0 Å². The van der Waals surface area contributed by atoms with Crippen molar-refractivity contribution in [3.05, 3.63) is 83.7 Å². The number of ether oxygens (including phenoxy) is 1. The molecule has 29 heavy (non-hydrogen) atoms. The van der Waals surface area contributed by atoms with E-state index in [0.717, 1.165) is 49.8 Å². The van der Waals surface area contributed by atoms with Crippen molar-refractivity contribution in [1.82, 2.24) is 15.1 Å². The van der Waals surface area contributed by atoms with Gasteiger partial charge in [0.2, 0.25) is 0 Å². The van der Waals surface area contributed by atoms with Crippen molar-refractivity contribution < 1.29 is 14.4 Å². The molecule has 1 saturated heterocycles. The number of amides is 1. The Kier molecular flexibility index (Phi) is 6.03. The summed E-state index contributed by atoms with van der Waals surface area (Å²) in [5.74, 6) is -0.0600. The number of hydrogen-bond acceptors (Lipinski definition) is 3. The molecular formula is C23H27N4O2+. The average molecular weight is 391 g/mol. The van der Waals surface area contributed by atoms with E-state index in [9.17, 15) is 4.79 Å². The number of nitrogens with zero attached hydrogens (tertiary/aromatic N) is 2. The molecule has 0 radical (unpaired) electrons. The van der Waals surface area contributed by atoms with E-state index in [1.807, 2.05) is 60.1 Å². The number of quaternary nitrogens is 1. The molecule has 0 saturated carbocycles. The number of aryl methyl sites for hydroxylation is 1.